The van der Waals surface area contributed by atoms with Crippen LogP contribution >= 0.6 is 11.6 Å². The van der Waals surface area contributed by atoms with Crippen LogP contribution in [-0.2, 0) is 28.3 Å². The zero-order chi connectivity index (χ0) is 20.5. The molecule has 1 aromatic heterocycles. The predicted octanol–water partition coefficient (Wildman–Crippen LogP) is 2.16. The molecule has 0 bridgehead atoms. The Morgan fingerprint density at radius 3 is 2.36 bits per heavy atom. The van der Waals surface area contributed by atoms with Gasteiger partial charge in [0.15, 0.2) is 0 Å². The summed E-state index contributed by atoms with van der Waals surface area (Å²) >= 11 is 6.06. The van der Waals surface area contributed by atoms with Crippen molar-refractivity contribution >= 4 is 27.5 Å². The molecule has 0 radical (unpaired) electrons. The predicted molar refractivity (Wildman–Crippen MR) is 108 cm³/mol. The topological polar surface area (TPSA) is 75.5 Å². The van der Waals surface area contributed by atoms with Gasteiger partial charge in [-0.05, 0) is 38.0 Å². The van der Waals surface area contributed by atoms with Crippen molar-refractivity contribution in [2.45, 2.75) is 31.6 Å². The van der Waals surface area contributed by atoms with Gasteiger partial charge >= 0.3 is 0 Å². The van der Waals surface area contributed by atoms with Gasteiger partial charge in [0.05, 0.1) is 10.7 Å². The minimum atomic E-state index is -3.65. The number of hydrogen-bond acceptors (Lipinski definition) is 4. The van der Waals surface area contributed by atoms with Crippen LogP contribution < -0.4 is 0 Å². The molecule has 0 aliphatic carbocycles. The number of aromatic nitrogens is 2. The lowest BCUT2D eigenvalue weighted by molar-refractivity contribution is -0.132. The summed E-state index contributed by atoms with van der Waals surface area (Å²) < 4.78 is 28.8. The number of nitrogens with zero attached hydrogens (tertiary/aromatic N) is 4. The molecule has 9 heteroatoms. The molecule has 1 aliphatic rings. The van der Waals surface area contributed by atoms with Crippen molar-refractivity contribution < 1.29 is 13.2 Å². The molecule has 0 spiro atoms. The number of benzene rings is 1. The number of aryl methyl sites for hydroxylation is 2. The highest BCUT2D eigenvalue weighted by Gasteiger charge is 2.31. The zero-order valence-electron chi connectivity index (χ0n) is 16.4. The van der Waals surface area contributed by atoms with Crippen molar-refractivity contribution in [1.82, 2.24) is 19.0 Å². The van der Waals surface area contributed by atoms with Crippen LogP contribution in [0.25, 0.3) is 0 Å². The third kappa shape index (κ3) is 4.09. The number of hydrogen-bond donors (Lipinski definition) is 0. The second-order valence-corrected chi connectivity index (χ2v) is 9.30. The minimum absolute atomic E-state index is 0.0393. The maximum atomic E-state index is 12.8. The molecule has 0 atom stereocenters. The Labute approximate surface area is 170 Å². The van der Waals surface area contributed by atoms with Crippen LogP contribution in [0.1, 0.15) is 23.4 Å². The highest BCUT2D eigenvalue weighted by atomic mass is 35.5. The van der Waals surface area contributed by atoms with Crippen LogP contribution in [0, 0.1) is 13.8 Å². The molecule has 1 fully saturated rings. The van der Waals surface area contributed by atoms with E-state index in [4.69, 9.17) is 11.6 Å². The molecule has 0 N–H and O–H groups in total. The van der Waals surface area contributed by atoms with Crippen LogP contribution in [0.5, 0.6) is 0 Å². The lowest BCUT2D eigenvalue weighted by Crippen LogP contribution is -2.50. The molecule has 1 amide bonds. The number of rotatable bonds is 5. The number of sulfonamides is 1. The standard InChI is InChI=1S/C19H25ClN4O3S/c1-14-16(15(2)22(3)21-14)8-9-19(25)23-10-12-24(13-11-23)28(26,27)18-7-5-4-6-17(18)20/h4-7H,8-13H2,1-3H3. The molecule has 2 aromatic rings. The molecule has 0 unspecified atom stereocenters. The third-order valence-corrected chi connectivity index (χ3v) is 7.69. The second-order valence-electron chi connectivity index (χ2n) is 6.99. The molecule has 3 rings (SSSR count). The molecular weight excluding hydrogens is 400 g/mol. The smallest absolute Gasteiger partial charge is 0.244 e. The van der Waals surface area contributed by atoms with Gasteiger partial charge in [0.1, 0.15) is 4.90 Å². The van der Waals surface area contributed by atoms with Gasteiger partial charge in [-0.1, -0.05) is 23.7 Å². The number of carbonyl (C=O) groups excluding carboxylic acids is 1. The molecular formula is C19H25ClN4O3S. The SMILES string of the molecule is Cc1nn(C)c(C)c1CCC(=O)N1CCN(S(=O)(=O)c2ccccc2Cl)CC1. The quantitative estimate of drug-likeness (QED) is 0.737. The van der Waals surface area contributed by atoms with E-state index in [1.807, 2.05) is 25.6 Å². The van der Waals surface area contributed by atoms with E-state index in [2.05, 4.69) is 5.10 Å². The van der Waals surface area contributed by atoms with E-state index >= 15 is 0 Å². The van der Waals surface area contributed by atoms with Crippen LogP contribution in [0.15, 0.2) is 29.2 Å². The van der Waals surface area contributed by atoms with Crippen molar-refractivity contribution in [2.75, 3.05) is 26.2 Å². The molecule has 1 aliphatic heterocycles. The molecule has 0 saturated carbocycles. The van der Waals surface area contributed by atoms with E-state index in [0.29, 0.717) is 25.9 Å². The Hall–Kier alpha value is -1.90. The number of carbonyl (C=O) groups is 1. The first-order valence-corrected chi connectivity index (χ1v) is 11.0. The maximum absolute atomic E-state index is 12.8. The van der Waals surface area contributed by atoms with Crippen LogP contribution in [0.3, 0.4) is 0 Å². The lowest BCUT2D eigenvalue weighted by atomic mass is 10.1. The normalized spacial score (nSPS) is 15.8. The Kier molecular flexibility index (Phi) is 6.12. The number of piperazine rings is 1. The molecule has 28 heavy (non-hydrogen) atoms. The van der Waals surface area contributed by atoms with Crippen LogP contribution in [0.2, 0.25) is 5.02 Å². The van der Waals surface area contributed by atoms with E-state index in [1.165, 1.54) is 10.4 Å². The van der Waals surface area contributed by atoms with Gasteiger partial charge in [0.2, 0.25) is 15.9 Å². The average molecular weight is 425 g/mol. The van der Waals surface area contributed by atoms with Crippen molar-refractivity contribution in [2.24, 2.45) is 7.05 Å². The Balaban J connectivity index is 1.59. The zero-order valence-corrected chi connectivity index (χ0v) is 17.9. The molecule has 1 saturated heterocycles. The van der Waals surface area contributed by atoms with Crippen molar-refractivity contribution in [3.05, 3.63) is 46.2 Å². The van der Waals surface area contributed by atoms with Crippen LogP contribution in [-0.4, -0.2) is 59.5 Å². The van der Waals surface area contributed by atoms with E-state index < -0.39 is 10.0 Å². The summed E-state index contributed by atoms with van der Waals surface area (Å²) in [5, 5.41) is 4.59. The summed E-state index contributed by atoms with van der Waals surface area (Å²) in [5.74, 6) is 0.0393. The largest absolute Gasteiger partial charge is 0.340 e. The second kappa shape index (κ2) is 8.23. The fourth-order valence-corrected chi connectivity index (χ4v) is 5.46. The Morgan fingerprint density at radius 2 is 1.79 bits per heavy atom. The first-order valence-electron chi connectivity index (χ1n) is 9.23. The Morgan fingerprint density at radius 1 is 1.14 bits per heavy atom. The summed E-state index contributed by atoms with van der Waals surface area (Å²) in [4.78, 5) is 14.4. The van der Waals surface area contributed by atoms with E-state index in [9.17, 15) is 13.2 Å². The fourth-order valence-electron chi connectivity index (χ4n) is 3.54. The summed E-state index contributed by atoms with van der Waals surface area (Å²) in [7, 11) is -1.76. The average Bonchev–Trinajstić information content (AvgIpc) is 2.91. The fraction of sp³-hybridized carbons (Fsp3) is 0.474. The molecule has 7 nitrogen and oxygen atoms in total. The van der Waals surface area contributed by atoms with E-state index in [1.54, 1.807) is 23.1 Å². The maximum Gasteiger partial charge on any atom is 0.244 e. The summed E-state index contributed by atoms with van der Waals surface area (Å²) in [6.45, 7) is 5.25. The lowest BCUT2D eigenvalue weighted by Gasteiger charge is -2.34. The first kappa shape index (κ1) is 20.8. The molecule has 2 heterocycles. The van der Waals surface area contributed by atoms with Gasteiger partial charge < -0.3 is 4.90 Å². The van der Waals surface area contributed by atoms with Gasteiger partial charge in [-0.25, -0.2) is 8.42 Å². The minimum Gasteiger partial charge on any atom is -0.340 e. The van der Waals surface area contributed by atoms with Gasteiger partial charge in [-0.3, -0.25) is 9.48 Å². The molecule has 1 aromatic carbocycles. The highest BCUT2D eigenvalue weighted by Crippen LogP contribution is 2.25. The van der Waals surface area contributed by atoms with Gasteiger partial charge in [0, 0.05) is 45.3 Å². The Bertz CT molecular complexity index is 979. The number of halogens is 1. The van der Waals surface area contributed by atoms with Crippen molar-refractivity contribution in [3.63, 3.8) is 0 Å². The highest BCUT2D eigenvalue weighted by molar-refractivity contribution is 7.89. The van der Waals surface area contributed by atoms with Gasteiger partial charge in [-0.15, -0.1) is 0 Å². The first-order chi connectivity index (χ1) is 13.2. The van der Waals surface area contributed by atoms with Crippen molar-refractivity contribution in [3.8, 4) is 0 Å². The summed E-state index contributed by atoms with van der Waals surface area (Å²) in [6.07, 6.45) is 1.03. The van der Waals surface area contributed by atoms with E-state index in [-0.39, 0.29) is 28.9 Å². The summed E-state index contributed by atoms with van der Waals surface area (Å²) in [6, 6.07) is 6.43. The van der Waals surface area contributed by atoms with Gasteiger partial charge in [0.25, 0.3) is 0 Å². The molecule has 152 valence electrons. The van der Waals surface area contributed by atoms with Crippen LogP contribution in [0.4, 0.5) is 0 Å². The third-order valence-electron chi connectivity index (χ3n) is 5.29. The monoisotopic (exact) mass is 424 g/mol. The van der Waals surface area contributed by atoms with Crippen molar-refractivity contribution in [1.29, 1.82) is 0 Å². The summed E-state index contributed by atoms with van der Waals surface area (Å²) in [5.41, 5.74) is 3.13. The number of amides is 1. The van der Waals surface area contributed by atoms with Gasteiger partial charge in [-0.2, -0.15) is 9.40 Å². The van der Waals surface area contributed by atoms with E-state index in [0.717, 1.165) is 17.0 Å².